The normalized spacial score (nSPS) is 29.4. The Bertz CT molecular complexity index is 773. The zero-order valence-corrected chi connectivity index (χ0v) is 15.6. The fourth-order valence-corrected chi connectivity index (χ4v) is 5.02. The highest BCUT2D eigenvalue weighted by atomic mass is 16.5. The van der Waals surface area contributed by atoms with Crippen LogP contribution in [0.1, 0.15) is 41.6 Å². The van der Waals surface area contributed by atoms with Gasteiger partial charge in [0.2, 0.25) is 0 Å². The maximum atomic E-state index is 13.0. The van der Waals surface area contributed by atoms with E-state index in [9.17, 15) is 9.59 Å². The van der Waals surface area contributed by atoms with E-state index < -0.39 is 0 Å². The number of carbonyl (C=O) groups is 2. The second-order valence-electron chi connectivity index (χ2n) is 8.41. The molecule has 1 aromatic carbocycles. The Hall–Kier alpha value is -2.08. The van der Waals surface area contributed by atoms with Gasteiger partial charge in [-0.05, 0) is 43.4 Å². The Labute approximate surface area is 159 Å². The third kappa shape index (κ3) is 3.00. The standard InChI is InChI=1S/C21H26N2O4/c24-19(16-4-3-15-5-11-27-18(15)12-16)22-8-6-21(13-22)7-9-23(14-21)20(25)17-2-1-10-26-17/h3-4,12,17H,1-2,5-11,13-14H2/t17-,21?/m0/s1. The third-order valence-electron chi connectivity index (χ3n) is 6.62. The van der Waals surface area contributed by atoms with Crippen molar-refractivity contribution in [2.24, 2.45) is 5.41 Å². The van der Waals surface area contributed by atoms with Crippen molar-refractivity contribution >= 4 is 11.8 Å². The summed E-state index contributed by atoms with van der Waals surface area (Å²) < 4.78 is 11.2. The lowest BCUT2D eigenvalue weighted by Gasteiger charge is -2.26. The van der Waals surface area contributed by atoms with Gasteiger partial charge in [-0.15, -0.1) is 0 Å². The molecule has 3 fully saturated rings. The molecule has 5 rings (SSSR count). The van der Waals surface area contributed by atoms with Crippen molar-refractivity contribution in [2.45, 2.75) is 38.2 Å². The molecule has 27 heavy (non-hydrogen) atoms. The monoisotopic (exact) mass is 370 g/mol. The molecule has 1 spiro atoms. The highest BCUT2D eigenvalue weighted by Crippen LogP contribution is 2.40. The number of benzene rings is 1. The molecule has 6 heteroatoms. The van der Waals surface area contributed by atoms with E-state index in [1.165, 1.54) is 5.56 Å². The fourth-order valence-electron chi connectivity index (χ4n) is 5.02. The summed E-state index contributed by atoms with van der Waals surface area (Å²) in [5, 5.41) is 0. The Balaban J connectivity index is 1.24. The van der Waals surface area contributed by atoms with Crippen LogP contribution in [0, 0.1) is 5.41 Å². The van der Waals surface area contributed by atoms with Gasteiger partial charge in [0.05, 0.1) is 6.61 Å². The molecule has 2 atom stereocenters. The molecule has 0 N–H and O–H groups in total. The van der Waals surface area contributed by atoms with Crippen LogP contribution in [0.4, 0.5) is 0 Å². The van der Waals surface area contributed by atoms with Gasteiger partial charge < -0.3 is 19.3 Å². The van der Waals surface area contributed by atoms with E-state index in [0.717, 1.165) is 64.0 Å². The molecule has 0 saturated carbocycles. The van der Waals surface area contributed by atoms with E-state index >= 15 is 0 Å². The summed E-state index contributed by atoms with van der Waals surface area (Å²) in [6.07, 6.45) is 4.43. The summed E-state index contributed by atoms with van der Waals surface area (Å²) in [6, 6.07) is 5.82. The van der Waals surface area contributed by atoms with Crippen LogP contribution < -0.4 is 4.74 Å². The van der Waals surface area contributed by atoms with Gasteiger partial charge in [-0.3, -0.25) is 9.59 Å². The number of amides is 2. The lowest BCUT2D eigenvalue weighted by atomic mass is 9.86. The van der Waals surface area contributed by atoms with Gasteiger partial charge in [0.1, 0.15) is 11.9 Å². The topological polar surface area (TPSA) is 59.1 Å². The molecule has 1 unspecified atom stereocenters. The maximum absolute atomic E-state index is 13.0. The molecule has 0 bridgehead atoms. The summed E-state index contributed by atoms with van der Waals surface area (Å²) in [7, 11) is 0. The zero-order chi connectivity index (χ0) is 18.4. The van der Waals surface area contributed by atoms with Crippen LogP contribution in [-0.2, 0) is 16.0 Å². The van der Waals surface area contributed by atoms with Gasteiger partial charge in [0, 0.05) is 50.2 Å². The Morgan fingerprint density at radius 3 is 2.70 bits per heavy atom. The highest BCUT2D eigenvalue weighted by molar-refractivity contribution is 5.95. The Morgan fingerprint density at radius 2 is 1.89 bits per heavy atom. The first-order chi connectivity index (χ1) is 13.1. The third-order valence-corrected chi connectivity index (χ3v) is 6.62. The average molecular weight is 370 g/mol. The smallest absolute Gasteiger partial charge is 0.254 e. The number of carbonyl (C=O) groups excluding carboxylic acids is 2. The van der Waals surface area contributed by atoms with Gasteiger partial charge in [-0.25, -0.2) is 0 Å². The first kappa shape index (κ1) is 17.0. The maximum Gasteiger partial charge on any atom is 0.254 e. The predicted octanol–water partition coefficient (Wildman–Crippen LogP) is 1.87. The number of rotatable bonds is 2. The SMILES string of the molecule is O=C(c1ccc2c(c1)OCC2)N1CCC2(CCN(C(=O)[C@@H]3CCCO3)C2)C1. The lowest BCUT2D eigenvalue weighted by molar-refractivity contribution is -0.140. The number of likely N-dealkylation sites (tertiary alicyclic amines) is 2. The number of nitrogens with zero attached hydrogens (tertiary/aromatic N) is 2. The molecule has 3 saturated heterocycles. The van der Waals surface area contributed by atoms with Gasteiger partial charge in [-0.1, -0.05) is 6.07 Å². The van der Waals surface area contributed by atoms with E-state index in [-0.39, 0.29) is 23.3 Å². The van der Waals surface area contributed by atoms with E-state index in [2.05, 4.69) is 0 Å². The molecule has 1 aromatic rings. The number of fused-ring (bicyclic) bond motifs is 1. The molecule has 6 nitrogen and oxygen atoms in total. The quantitative estimate of drug-likeness (QED) is 0.797. The highest BCUT2D eigenvalue weighted by Gasteiger charge is 2.47. The van der Waals surface area contributed by atoms with Crippen molar-refractivity contribution < 1.29 is 19.1 Å². The van der Waals surface area contributed by atoms with Crippen LogP contribution in [0.3, 0.4) is 0 Å². The van der Waals surface area contributed by atoms with Gasteiger partial charge in [0.25, 0.3) is 11.8 Å². The minimum absolute atomic E-state index is 0.0527. The van der Waals surface area contributed by atoms with Crippen molar-refractivity contribution in [1.82, 2.24) is 9.80 Å². The van der Waals surface area contributed by atoms with Gasteiger partial charge in [0.15, 0.2) is 0 Å². The van der Waals surface area contributed by atoms with Crippen molar-refractivity contribution in [3.8, 4) is 5.75 Å². The van der Waals surface area contributed by atoms with Crippen LogP contribution in [-0.4, -0.2) is 67.1 Å². The average Bonchev–Trinajstić information content (AvgIpc) is 3.48. The van der Waals surface area contributed by atoms with E-state index in [4.69, 9.17) is 9.47 Å². The fraction of sp³-hybridized carbons (Fsp3) is 0.619. The van der Waals surface area contributed by atoms with Crippen LogP contribution in [0.2, 0.25) is 0 Å². The summed E-state index contributed by atoms with van der Waals surface area (Å²) in [4.78, 5) is 29.5. The summed E-state index contributed by atoms with van der Waals surface area (Å²) >= 11 is 0. The minimum atomic E-state index is -0.245. The lowest BCUT2D eigenvalue weighted by Crippen LogP contribution is -2.40. The van der Waals surface area contributed by atoms with Crippen LogP contribution in [0.5, 0.6) is 5.75 Å². The number of hydrogen-bond donors (Lipinski definition) is 0. The largest absolute Gasteiger partial charge is 0.493 e. The van der Waals surface area contributed by atoms with Gasteiger partial charge in [-0.2, -0.15) is 0 Å². The van der Waals surface area contributed by atoms with Crippen LogP contribution in [0.15, 0.2) is 18.2 Å². The number of hydrogen-bond acceptors (Lipinski definition) is 4. The van der Waals surface area contributed by atoms with Gasteiger partial charge >= 0.3 is 0 Å². The number of ether oxygens (including phenoxy) is 2. The molecule has 2 amide bonds. The zero-order valence-electron chi connectivity index (χ0n) is 15.6. The van der Waals surface area contributed by atoms with Crippen molar-refractivity contribution in [3.05, 3.63) is 29.3 Å². The predicted molar refractivity (Wildman–Crippen MR) is 98.8 cm³/mol. The summed E-state index contributed by atoms with van der Waals surface area (Å²) in [5.41, 5.74) is 1.94. The minimum Gasteiger partial charge on any atom is -0.493 e. The Kier molecular flexibility index (Phi) is 4.11. The van der Waals surface area contributed by atoms with E-state index in [1.807, 2.05) is 28.0 Å². The molecule has 4 aliphatic rings. The summed E-state index contributed by atoms with van der Waals surface area (Å²) in [6.45, 7) is 4.44. The molecule has 4 aliphatic heterocycles. The second-order valence-corrected chi connectivity index (χ2v) is 8.41. The Morgan fingerprint density at radius 1 is 1.07 bits per heavy atom. The van der Waals surface area contributed by atoms with Crippen molar-refractivity contribution in [3.63, 3.8) is 0 Å². The first-order valence-electron chi connectivity index (χ1n) is 10.1. The van der Waals surface area contributed by atoms with E-state index in [1.54, 1.807) is 0 Å². The molecule has 4 heterocycles. The molecule has 0 aromatic heterocycles. The van der Waals surface area contributed by atoms with Crippen molar-refractivity contribution in [2.75, 3.05) is 39.4 Å². The first-order valence-corrected chi connectivity index (χ1v) is 10.1. The van der Waals surface area contributed by atoms with Crippen LogP contribution >= 0.6 is 0 Å². The summed E-state index contributed by atoms with van der Waals surface area (Å²) in [5.74, 6) is 1.07. The molecule has 144 valence electrons. The second kappa shape index (κ2) is 6.51. The molecule has 0 aliphatic carbocycles. The molecular formula is C21H26N2O4. The molecule has 0 radical (unpaired) electrons. The van der Waals surface area contributed by atoms with Crippen molar-refractivity contribution in [1.29, 1.82) is 0 Å². The molecular weight excluding hydrogens is 344 g/mol. The van der Waals surface area contributed by atoms with E-state index in [0.29, 0.717) is 18.8 Å². The van der Waals surface area contributed by atoms with Crippen LogP contribution in [0.25, 0.3) is 0 Å².